The first kappa shape index (κ1) is 14.2. The van der Waals surface area contributed by atoms with E-state index in [9.17, 15) is 4.79 Å². The highest BCUT2D eigenvalue weighted by Crippen LogP contribution is 2.29. The molecule has 0 bridgehead atoms. The van der Waals surface area contributed by atoms with Gasteiger partial charge >= 0.3 is 0 Å². The van der Waals surface area contributed by atoms with Crippen molar-refractivity contribution >= 4 is 55.7 Å². The molecule has 2 heterocycles. The summed E-state index contributed by atoms with van der Waals surface area (Å²) in [5.74, 6) is -0.327. The molecule has 0 aromatic heterocycles. The minimum atomic E-state index is -0.397. The van der Waals surface area contributed by atoms with E-state index in [1.54, 1.807) is 6.08 Å². The Morgan fingerprint density at radius 3 is 3.00 bits per heavy atom. The van der Waals surface area contributed by atoms with Gasteiger partial charge in [0.05, 0.1) is 5.57 Å². The Morgan fingerprint density at radius 2 is 2.29 bits per heavy atom. The Bertz CT molecular complexity index is 738. The maximum Gasteiger partial charge on any atom is 0.283 e. The average Bonchev–Trinajstić information content (AvgIpc) is 2.87. The van der Waals surface area contributed by atoms with Gasteiger partial charge < -0.3 is 0 Å². The number of carbonyl (C=O) groups is 1. The summed E-state index contributed by atoms with van der Waals surface area (Å²) in [5.41, 5.74) is 1.08. The fourth-order valence-corrected chi connectivity index (χ4v) is 3.18. The highest BCUT2D eigenvalue weighted by atomic mass is 79.9. The van der Waals surface area contributed by atoms with Crippen molar-refractivity contribution in [2.45, 2.75) is 13.3 Å². The van der Waals surface area contributed by atoms with Gasteiger partial charge in [0.15, 0.2) is 5.84 Å². The van der Waals surface area contributed by atoms with Crippen molar-refractivity contribution in [1.82, 2.24) is 5.01 Å². The lowest BCUT2D eigenvalue weighted by molar-refractivity contribution is -0.114. The third kappa shape index (κ3) is 2.71. The van der Waals surface area contributed by atoms with Crippen molar-refractivity contribution < 1.29 is 4.79 Å². The largest absolute Gasteiger partial charge is 0.283 e. The molecule has 1 amide bonds. The maximum atomic E-state index is 12.1. The van der Waals surface area contributed by atoms with Crippen LogP contribution in [-0.4, -0.2) is 27.0 Å². The van der Waals surface area contributed by atoms with Crippen LogP contribution in [0.3, 0.4) is 0 Å². The van der Waals surface area contributed by atoms with Crippen LogP contribution >= 0.6 is 27.7 Å². The van der Waals surface area contributed by atoms with Crippen LogP contribution < -0.4 is 0 Å². The predicted octanol–water partition coefficient (Wildman–Crippen LogP) is 3.48. The molecule has 0 saturated heterocycles. The molecule has 0 saturated carbocycles. The number of amidine groups is 2. The van der Waals surface area contributed by atoms with Gasteiger partial charge in [-0.2, -0.15) is 15.1 Å². The predicted molar refractivity (Wildman–Crippen MR) is 89.4 cm³/mol. The molecule has 5 nitrogen and oxygen atoms in total. The number of carbonyl (C=O) groups excluding carboxylic acids is 1. The second-order valence-electron chi connectivity index (χ2n) is 4.42. The molecule has 21 heavy (non-hydrogen) atoms. The van der Waals surface area contributed by atoms with Gasteiger partial charge in [-0.1, -0.05) is 35.0 Å². The number of hydrazone groups is 1. The zero-order chi connectivity index (χ0) is 15.0. The van der Waals surface area contributed by atoms with Crippen molar-refractivity contribution in [3.05, 3.63) is 39.9 Å². The van der Waals surface area contributed by atoms with Crippen molar-refractivity contribution in [3.63, 3.8) is 0 Å². The van der Waals surface area contributed by atoms with Crippen molar-refractivity contribution in [1.29, 1.82) is 5.41 Å². The summed E-state index contributed by atoms with van der Waals surface area (Å²) in [6.45, 7) is 1.98. The first-order chi connectivity index (χ1) is 10.1. The summed E-state index contributed by atoms with van der Waals surface area (Å²) < 4.78 is 0.916. The second kappa shape index (κ2) is 5.57. The van der Waals surface area contributed by atoms with E-state index in [0.717, 1.165) is 21.5 Å². The average molecular weight is 363 g/mol. The van der Waals surface area contributed by atoms with Crippen LogP contribution in [0.2, 0.25) is 0 Å². The van der Waals surface area contributed by atoms with Gasteiger partial charge in [-0.05, 0) is 42.0 Å². The van der Waals surface area contributed by atoms with Crippen LogP contribution in [0.25, 0.3) is 6.08 Å². The molecule has 0 radical (unpaired) electrons. The zero-order valence-corrected chi connectivity index (χ0v) is 13.5. The monoisotopic (exact) mass is 362 g/mol. The van der Waals surface area contributed by atoms with Gasteiger partial charge in [0, 0.05) is 4.47 Å². The molecule has 0 aliphatic carbocycles. The highest BCUT2D eigenvalue weighted by Gasteiger charge is 2.34. The fraction of sp³-hybridized carbons (Fsp3) is 0.143. The molecule has 1 aromatic carbocycles. The normalized spacial score (nSPS) is 19.7. The lowest BCUT2D eigenvalue weighted by Crippen LogP contribution is -2.35. The molecule has 1 N–H and O–H groups in total. The van der Waals surface area contributed by atoms with E-state index in [2.05, 4.69) is 26.0 Å². The molecule has 2 aliphatic rings. The topological polar surface area (TPSA) is 68.9 Å². The van der Waals surface area contributed by atoms with Crippen LogP contribution in [0.5, 0.6) is 0 Å². The van der Waals surface area contributed by atoms with Crippen molar-refractivity contribution in [2.75, 3.05) is 0 Å². The third-order valence-corrected chi connectivity index (χ3v) is 4.50. The first-order valence-electron chi connectivity index (χ1n) is 6.33. The number of fused-ring (bicyclic) bond motifs is 1. The number of hydrogen-bond donors (Lipinski definition) is 1. The number of halogens is 1. The van der Waals surface area contributed by atoms with Crippen LogP contribution in [0.15, 0.2) is 44.4 Å². The molecule has 0 atom stereocenters. The van der Waals surface area contributed by atoms with E-state index in [-0.39, 0.29) is 11.4 Å². The summed E-state index contributed by atoms with van der Waals surface area (Å²) in [7, 11) is 0. The quantitative estimate of drug-likeness (QED) is 0.818. The number of nitrogens with one attached hydrogen (secondary N) is 1. The lowest BCUT2D eigenvalue weighted by Gasteiger charge is -2.20. The molecule has 0 fully saturated rings. The molecular formula is C14H11BrN4OS. The van der Waals surface area contributed by atoms with E-state index in [1.807, 2.05) is 31.2 Å². The highest BCUT2D eigenvalue weighted by molar-refractivity contribution is 9.10. The molecular weight excluding hydrogens is 352 g/mol. The van der Waals surface area contributed by atoms with Crippen LogP contribution in [-0.2, 0) is 4.79 Å². The summed E-state index contributed by atoms with van der Waals surface area (Å²) >= 11 is 4.73. The maximum absolute atomic E-state index is 12.1. The Hall–Kier alpha value is -1.73. The third-order valence-electron chi connectivity index (χ3n) is 2.96. The summed E-state index contributed by atoms with van der Waals surface area (Å²) in [5, 5.41) is 15.3. The molecule has 1 aromatic rings. The van der Waals surface area contributed by atoms with Crippen LogP contribution in [0.4, 0.5) is 0 Å². The standard InChI is InChI=1S/C14H11BrN4OS/c1-2-11-18-19-12(16)10(13(20)17-14(19)21-11)7-8-4-3-5-9(15)6-8/h3-7,16H,2H2,1H3. The van der Waals surface area contributed by atoms with E-state index < -0.39 is 5.91 Å². The van der Waals surface area contributed by atoms with Gasteiger partial charge in [-0.25, -0.2) is 0 Å². The van der Waals surface area contributed by atoms with Gasteiger partial charge in [0.25, 0.3) is 5.91 Å². The number of aliphatic imine (C=N–C) groups is 1. The summed E-state index contributed by atoms with van der Waals surface area (Å²) in [6.07, 6.45) is 2.42. The Morgan fingerprint density at radius 1 is 1.48 bits per heavy atom. The van der Waals surface area contributed by atoms with Gasteiger partial charge in [0.1, 0.15) is 5.04 Å². The minimum absolute atomic E-state index is 0.0703. The van der Waals surface area contributed by atoms with Crippen molar-refractivity contribution in [2.24, 2.45) is 10.1 Å². The fourth-order valence-electron chi connectivity index (χ4n) is 1.94. The van der Waals surface area contributed by atoms with Crippen LogP contribution in [0.1, 0.15) is 18.9 Å². The molecule has 7 heteroatoms. The first-order valence-corrected chi connectivity index (χ1v) is 7.94. The lowest BCUT2D eigenvalue weighted by atomic mass is 10.1. The van der Waals surface area contributed by atoms with Gasteiger partial charge in [0.2, 0.25) is 5.17 Å². The number of nitrogens with zero attached hydrogens (tertiary/aromatic N) is 3. The number of amides is 1. The van der Waals surface area contributed by atoms with Gasteiger partial charge in [-0.15, -0.1) is 0 Å². The second-order valence-corrected chi connectivity index (χ2v) is 6.38. The number of benzene rings is 1. The number of hydrogen-bond acceptors (Lipinski definition) is 4. The number of rotatable bonds is 2. The Balaban J connectivity index is 2.00. The minimum Gasteiger partial charge on any atom is -0.282 e. The SMILES string of the molecule is CCC1=NN2C(=N)C(=Cc3cccc(Br)c3)C(=O)N=C2S1. The Labute approximate surface area is 134 Å². The van der Waals surface area contributed by atoms with Crippen molar-refractivity contribution in [3.8, 4) is 0 Å². The summed E-state index contributed by atoms with van der Waals surface area (Å²) in [4.78, 5) is 16.2. The molecule has 106 valence electrons. The van der Waals surface area contributed by atoms with E-state index in [1.165, 1.54) is 16.8 Å². The van der Waals surface area contributed by atoms with E-state index in [0.29, 0.717) is 5.17 Å². The molecule has 2 aliphatic heterocycles. The molecule has 0 unspecified atom stereocenters. The van der Waals surface area contributed by atoms with Gasteiger partial charge in [-0.3, -0.25) is 10.2 Å². The van der Waals surface area contributed by atoms with E-state index >= 15 is 0 Å². The molecule has 0 spiro atoms. The number of thioether (sulfide) groups is 1. The summed E-state index contributed by atoms with van der Waals surface area (Å²) in [6, 6.07) is 7.53. The Kier molecular flexibility index (Phi) is 3.77. The molecule has 3 rings (SSSR count). The van der Waals surface area contributed by atoms with E-state index in [4.69, 9.17) is 5.41 Å². The van der Waals surface area contributed by atoms with Crippen LogP contribution in [0, 0.1) is 5.41 Å². The zero-order valence-electron chi connectivity index (χ0n) is 11.1. The smallest absolute Gasteiger partial charge is 0.282 e.